The predicted octanol–water partition coefficient (Wildman–Crippen LogP) is 1.22. The fourth-order valence-corrected chi connectivity index (χ4v) is 0.667. The van der Waals surface area contributed by atoms with Crippen molar-refractivity contribution in [3.05, 3.63) is 0 Å². The average molecular weight is 209 g/mol. The van der Waals surface area contributed by atoms with E-state index in [2.05, 4.69) is 4.40 Å². The lowest BCUT2D eigenvalue weighted by Crippen LogP contribution is -2.03. The van der Waals surface area contributed by atoms with Crippen LogP contribution in [-0.2, 0) is 11.3 Å². The molecule has 0 aliphatic heterocycles. The lowest BCUT2D eigenvalue weighted by atomic mass is 10.9. The first-order valence-corrected chi connectivity index (χ1v) is 3.80. The Hall–Kier alpha value is 0.650. The Morgan fingerprint density at radius 2 is 2.00 bits per heavy atom. The second-order valence-corrected chi connectivity index (χ2v) is 4.01. The summed E-state index contributed by atoms with van der Waals surface area (Å²) >= 11 is 12.7. The summed E-state index contributed by atoms with van der Waals surface area (Å²) in [5.41, 5.74) is 0. The molecule has 1 atom stereocenters. The Balaban J connectivity index is 3.86. The summed E-state index contributed by atoms with van der Waals surface area (Å²) in [5.74, 6) is 0. The molecule has 0 spiro atoms. The third-order valence-corrected chi connectivity index (χ3v) is 0.855. The molecule has 3 nitrogen and oxygen atoms in total. The van der Waals surface area contributed by atoms with Crippen LogP contribution in [0.25, 0.3) is 0 Å². The van der Waals surface area contributed by atoms with Crippen LogP contribution in [0.3, 0.4) is 0 Å². The van der Waals surface area contributed by atoms with E-state index in [9.17, 15) is 8.76 Å². The van der Waals surface area contributed by atoms with Crippen molar-refractivity contribution in [3.63, 3.8) is 0 Å². The van der Waals surface area contributed by atoms with Gasteiger partial charge in [0, 0.05) is 0 Å². The highest BCUT2D eigenvalue weighted by atomic mass is 35.6. The van der Waals surface area contributed by atoms with Gasteiger partial charge in [-0.05, 0) is 0 Å². The third kappa shape index (κ3) is 8.65. The van der Waals surface area contributed by atoms with Crippen molar-refractivity contribution in [1.29, 1.82) is 0 Å². The molecule has 0 saturated carbocycles. The van der Waals surface area contributed by atoms with Crippen LogP contribution in [0.1, 0.15) is 0 Å². The number of alkyl halides is 3. The molecular formula is C2HCl3NO2S-. The second kappa shape index (κ2) is 3.73. The zero-order valence-electron chi connectivity index (χ0n) is 3.88. The maximum Gasteiger partial charge on any atom is 0.226 e. The van der Waals surface area contributed by atoms with E-state index in [-0.39, 0.29) is 0 Å². The maximum absolute atomic E-state index is 9.67. The Kier molecular flexibility index (Phi) is 4.00. The van der Waals surface area contributed by atoms with Gasteiger partial charge in [-0.15, -0.1) is 0 Å². The van der Waals surface area contributed by atoms with Crippen LogP contribution in [0.5, 0.6) is 0 Å². The van der Waals surface area contributed by atoms with E-state index in [1.54, 1.807) is 0 Å². The molecule has 0 aliphatic carbocycles. The predicted molar refractivity (Wildman–Crippen MR) is 37.7 cm³/mol. The van der Waals surface area contributed by atoms with Crippen molar-refractivity contribution in [1.82, 2.24) is 0 Å². The maximum atomic E-state index is 9.67. The smallest absolute Gasteiger partial charge is 0.226 e. The fourth-order valence-electron chi connectivity index (χ4n) is 0.103. The summed E-state index contributed by atoms with van der Waals surface area (Å²) < 4.78 is 20.4. The van der Waals surface area contributed by atoms with Crippen LogP contribution in [0.2, 0.25) is 0 Å². The van der Waals surface area contributed by atoms with Gasteiger partial charge >= 0.3 is 0 Å². The molecule has 0 aromatic rings. The van der Waals surface area contributed by atoms with Crippen molar-refractivity contribution in [2.75, 3.05) is 0 Å². The summed E-state index contributed by atoms with van der Waals surface area (Å²) in [6.45, 7) is 0. The standard InChI is InChI=1S/C2H2Cl3NO2S/c3-2(4,5)1-6-9(7)8/h1H,(H,7,8)/p-1. The van der Waals surface area contributed by atoms with Crippen LogP contribution in [0, 0.1) is 0 Å². The number of hydrogen-bond donors (Lipinski definition) is 0. The molecule has 9 heavy (non-hydrogen) atoms. The first-order chi connectivity index (χ1) is 3.92. The lowest BCUT2D eigenvalue weighted by Gasteiger charge is -2.01. The van der Waals surface area contributed by atoms with Gasteiger partial charge in [0.25, 0.3) is 0 Å². The van der Waals surface area contributed by atoms with E-state index < -0.39 is 15.1 Å². The van der Waals surface area contributed by atoms with Gasteiger partial charge in [0.05, 0.1) is 17.5 Å². The highest BCUT2D eigenvalue weighted by Gasteiger charge is 2.14. The van der Waals surface area contributed by atoms with Gasteiger partial charge in [0.2, 0.25) is 3.79 Å². The molecular weight excluding hydrogens is 208 g/mol. The normalized spacial score (nSPS) is 16.4. The Morgan fingerprint density at radius 1 is 1.56 bits per heavy atom. The molecule has 54 valence electrons. The molecule has 1 unspecified atom stereocenters. The highest BCUT2D eigenvalue weighted by Crippen LogP contribution is 2.22. The summed E-state index contributed by atoms with van der Waals surface area (Å²) in [7, 11) is 0. The number of nitrogens with zero attached hydrogens (tertiary/aromatic N) is 1. The van der Waals surface area contributed by atoms with Crippen LogP contribution in [-0.4, -0.2) is 18.8 Å². The Labute approximate surface area is 69.4 Å². The summed E-state index contributed by atoms with van der Waals surface area (Å²) in [6, 6.07) is 0. The largest absolute Gasteiger partial charge is 0.754 e. The zero-order valence-corrected chi connectivity index (χ0v) is 6.97. The fraction of sp³-hybridized carbons (Fsp3) is 0.500. The molecule has 0 radical (unpaired) electrons. The monoisotopic (exact) mass is 208 g/mol. The van der Waals surface area contributed by atoms with E-state index in [1.807, 2.05) is 0 Å². The summed E-state index contributed by atoms with van der Waals surface area (Å²) in [5, 5.41) is 0. The number of hydrogen-bond acceptors (Lipinski definition) is 2. The number of rotatable bonds is 1. The highest BCUT2D eigenvalue weighted by molar-refractivity contribution is 7.77. The molecule has 0 heterocycles. The van der Waals surface area contributed by atoms with E-state index in [4.69, 9.17) is 34.8 Å². The molecule has 0 aliphatic rings. The van der Waals surface area contributed by atoms with Crippen molar-refractivity contribution < 1.29 is 8.76 Å². The Bertz CT molecular complexity index is 141. The summed E-state index contributed by atoms with van der Waals surface area (Å²) in [6.07, 6.45) is 0.695. The van der Waals surface area contributed by atoms with Crippen LogP contribution in [0.4, 0.5) is 0 Å². The molecule has 0 amide bonds. The summed E-state index contributed by atoms with van der Waals surface area (Å²) in [4.78, 5) is 0. The quantitative estimate of drug-likeness (QED) is 0.370. The molecule has 0 bridgehead atoms. The molecule has 7 heteroatoms. The SMILES string of the molecule is O=S([O-])N=CC(Cl)(Cl)Cl. The van der Waals surface area contributed by atoms with Gasteiger partial charge in [-0.2, -0.15) is 0 Å². The molecule has 0 aromatic carbocycles. The minimum atomic E-state index is -2.55. The van der Waals surface area contributed by atoms with Gasteiger partial charge in [-0.25, -0.2) is 4.40 Å². The van der Waals surface area contributed by atoms with E-state index in [1.165, 1.54) is 0 Å². The van der Waals surface area contributed by atoms with Gasteiger partial charge in [-0.1, -0.05) is 34.8 Å². The van der Waals surface area contributed by atoms with Crippen molar-refractivity contribution in [3.8, 4) is 0 Å². The van der Waals surface area contributed by atoms with Gasteiger partial charge in [0.15, 0.2) is 0 Å². The topological polar surface area (TPSA) is 52.5 Å². The average Bonchev–Trinajstić information content (AvgIpc) is 1.59. The molecule has 0 fully saturated rings. The molecule has 0 rings (SSSR count). The Morgan fingerprint density at radius 3 is 2.11 bits per heavy atom. The second-order valence-electron chi connectivity index (χ2n) is 0.993. The molecule has 0 N–H and O–H groups in total. The first kappa shape index (κ1) is 9.65. The van der Waals surface area contributed by atoms with Crippen molar-refractivity contribution in [2.24, 2.45) is 4.40 Å². The van der Waals surface area contributed by atoms with Gasteiger partial charge < -0.3 is 4.55 Å². The van der Waals surface area contributed by atoms with Crippen LogP contribution < -0.4 is 0 Å². The van der Waals surface area contributed by atoms with Gasteiger partial charge in [0.1, 0.15) is 0 Å². The van der Waals surface area contributed by atoms with Crippen molar-refractivity contribution in [2.45, 2.75) is 3.79 Å². The zero-order chi connectivity index (χ0) is 7.49. The van der Waals surface area contributed by atoms with E-state index in [0.29, 0.717) is 6.21 Å². The minimum absolute atomic E-state index is 0.695. The van der Waals surface area contributed by atoms with Gasteiger partial charge in [-0.3, -0.25) is 4.21 Å². The molecule has 0 aromatic heterocycles. The van der Waals surface area contributed by atoms with E-state index in [0.717, 1.165) is 0 Å². The first-order valence-electron chi connectivity index (χ1n) is 1.63. The van der Waals surface area contributed by atoms with Crippen LogP contribution >= 0.6 is 34.8 Å². The number of halogens is 3. The minimum Gasteiger partial charge on any atom is -0.754 e. The van der Waals surface area contributed by atoms with E-state index >= 15 is 0 Å². The van der Waals surface area contributed by atoms with Crippen molar-refractivity contribution >= 4 is 52.3 Å². The lowest BCUT2D eigenvalue weighted by molar-refractivity contribution is 0.539. The third-order valence-electron chi connectivity index (χ3n) is 0.285. The van der Waals surface area contributed by atoms with Crippen LogP contribution in [0.15, 0.2) is 4.40 Å². The molecule has 0 saturated heterocycles.